The van der Waals surface area contributed by atoms with Crippen molar-refractivity contribution in [3.63, 3.8) is 0 Å². The van der Waals surface area contributed by atoms with Crippen LogP contribution in [-0.2, 0) is 20.9 Å². The Hall–Kier alpha value is -3.59. The van der Waals surface area contributed by atoms with Crippen molar-refractivity contribution < 1.29 is 23.9 Å². The number of hydrogen-bond donors (Lipinski definition) is 2. The summed E-state index contributed by atoms with van der Waals surface area (Å²) < 4.78 is 5.02. The van der Waals surface area contributed by atoms with Gasteiger partial charge in [-0.25, -0.2) is 4.79 Å². The molecule has 8 nitrogen and oxygen atoms in total. The fraction of sp³-hybridized carbons (Fsp3) is 0.217. The Morgan fingerprint density at radius 1 is 1.03 bits per heavy atom. The predicted octanol–water partition coefficient (Wildman–Crippen LogP) is 3.07. The average Bonchev–Trinajstić information content (AvgIpc) is 3.05. The van der Waals surface area contributed by atoms with Crippen molar-refractivity contribution >= 4 is 41.0 Å². The van der Waals surface area contributed by atoms with Gasteiger partial charge in [-0.1, -0.05) is 60.2 Å². The van der Waals surface area contributed by atoms with Gasteiger partial charge in [0.15, 0.2) is 0 Å². The van der Waals surface area contributed by atoms with Crippen LogP contribution in [0.4, 0.5) is 9.59 Å². The van der Waals surface area contributed by atoms with Crippen LogP contribution in [-0.4, -0.2) is 47.7 Å². The molecule has 32 heavy (non-hydrogen) atoms. The van der Waals surface area contributed by atoms with Crippen molar-refractivity contribution in [3.05, 3.63) is 76.2 Å². The van der Waals surface area contributed by atoms with Crippen molar-refractivity contribution in [2.45, 2.75) is 13.5 Å². The second-order valence-electron chi connectivity index (χ2n) is 7.01. The van der Waals surface area contributed by atoms with E-state index in [1.807, 2.05) is 61.5 Å². The van der Waals surface area contributed by atoms with E-state index in [2.05, 4.69) is 10.6 Å². The Kier molecular flexibility index (Phi) is 8.04. The third-order valence-electron chi connectivity index (χ3n) is 4.51. The summed E-state index contributed by atoms with van der Waals surface area (Å²) in [5, 5.41) is 4.54. The minimum absolute atomic E-state index is 0.0418. The zero-order valence-corrected chi connectivity index (χ0v) is 18.3. The van der Waals surface area contributed by atoms with Crippen LogP contribution in [0.1, 0.15) is 16.7 Å². The molecule has 166 valence electrons. The van der Waals surface area contributed by atoms with Crippen molar-refractivity contribution in [1.82, 2.24) is 15.5 Å². The molecule has 0 radical (unpaired) electrons. The lowest BCUT2D eigenvalue weighted by Crippen LogP contribution is -2.41. The zero-order chi connectivity index (χ0) is 22.9. The number of thioether (sulfide) groups is 1. The third kappa shape index (κ3) is 6.71. The fourth-order valence-corrected chi connectivity index (χ4v) is 3.67. The van der Waals surface area contributed by atoms with E-state index in [0.29, 0.717) is 4.91 Å². The van der Waals surface area contributed by atoms with E-state index in [1.165, 1.54) is 0 Å². The summed E-state index contributed by atoms with van der Waals surface area (Å²) >= 11 is 0.870. The highest BCUT2D eigenvalue weighted by molar-refractivity contribution is 8.18. The predicted molar refractivity (Wildman–Crippen MR) is 121 cm³/mol. The second kappa shape index (κ2) is 11.1. The molecule has 0 unspecified atom stereocenters. The normalized spacial score (nSPS) is 14.5. The maximum absolute atomic E-state index is 12.5. The van der Waals surface area contributed by atoms with Crippen LogP contribution in [0, 0.1) is 6.92 Å². The molecule has 0 saturated carbocycles. The molecule has 0 bridgehead atoms. The molecule has 2 N–H and O–H groups in total. The summed E-state index contributed by atoms with van der Waals surface area (Å²) in [7, 11) is 0. The van der Waals surface area contributed by atoms with Gasteiger partial charge in [0.1, 0.15) is 6.61 Å². The first kappa shape index (κ1) is 23.1. The van der Waals surface area contributed by atoms with E-state index in [0.717, 1.165) is 33.4 Å². The molecule has 0 atom stereocenters. The number of imide groups is 1. The minimum atomic E-state index is -0.712. The number of carbonyl (C=O) groups excluding carboxylic acids is 4. The number of ether oxygens (including phenoxy) is 1. The molecule has 1 aliphatic rings. The van der Waals surface area contributed by atoms with Gasteiger partial charge in [-0.2, -0.15) is 0 Å². The topological polar surface area (TPSA) is 105 Å². The smallest absolute Gasteiger partial charge is 0.407 e. The Morgan fingerprint density at radius 3 is 2.47 bits per heavy atom. The van der Waals surface area contributed by atoms with E-state index in [4.69, 9.17) is 4.74 Å². The van der Waals surface area contributed by atoms with Gasteiger partial charge in [-0.3, -0.25) is 19.3 Å². The van der Waals surface area contributed by atoms with Gasteiger partial charge < -0.3 is 15.4 Å². The molecule has 0 aromatic heterocycles. The third-order valence-corrected chi connectivity index (χ3v) is 5.42. The number of nitrogens with one attached hydrogen (secondary N) is 2. The maximum Gasteiger partial charge on any atom is 0.407 e. The van der Waals surface area contributed by atoms with Crippen LogP contribution in [0.3, 0.4) is 0 Å². The van der Waals surface area contributed by atoms with E-state index >= 15 is 0 Å². The summed E-state index contributed by atoms with van der Waals surface area (Å²) in [4.78, 5) is 49.7. The first-order valence-electron chi connectivity index (χ1n) is 9.95. The summed E-state index contributed by atoms with van der Waals surface area (Å²) in [6.45, 7) is 1.91. The summed E-state index contributed by atoms with van der Waals surface area (Å²) in [5.41, 5.74) is 2.77. The first-order chi connectivity index (χ1) is 15.4. The van der Waals surface area contributed by atoms with E-state index < -0.39 is 17.9 Å². The van der Waals surface area contributed by atoms with Crippen LogP contribution in [0.15, 0.2) is 59.5 Å². The summed E-state index contributed by atoms with van der Waals surface area (Å²) in [6, 6.07) is 16.8. The number of carbonyl (C=O) groups is 4. The highest BCUT2D eigenvalue weighted by Crippen LogP contribution is 2.31. The quantitative estimate of drug-likeness (QED) is 0.595. The van der Waals surface area contributed by atoms with Crippen molar-refractivity contribution in [3.8, 4) is 0 Å². The number of hydrogen-bond acceptors (Lipinski definition) is 6. The minimum Gasteiger partial charge on any atom is -0.445 e. The zero-order valence-electron chi connectivity index (χ0n) is 17.5. The van der Waals surface area contributed by atoms with Gasteiger partial charge in [-0.05, 0) is 35.9 Å². The molecular formula is C23H23N3O5S. The average molecular weight is 454 g/mol. The molecule has 1 aliphatic heterocycles. The Balaban J connectivity index is 1.38. The largest absolute Gasteiger partial charge is 0.445 e. The molecule has 2 aromatic carbocycles. The van der Waals surface area contributed by atoms with Gasteiger partial charge in [0, 0.05) is 13.1 Å². The van der Waals surface area contributed by atoms with Crippen molar-refractivity contribution in [1.29, 1.82) is 0 Å². The van der Waals surface area contributed by atoms with Crippen LogP contribution in [0.5, 0.6) is 0 Å². The lowest BCUT2D eigenvalue weighted by atomic mass is 10.1. The molecule has 2 aromatic rings. The molecule has 4 amide bonds. The van der Waals surface area contributed by atoms with Crippen LogP contribution in [0.2, 0.25) is 0 Å². The monoisotopic (exact) mass is 453 g/mol. The Labute approximate surface area is 190 Å². The number of benzene rings is 2. The van der Waals surface area contributed by atoms with Gasteiger partial charge in [0.25, 0.3) is 11.1 Å². The standard InChI is InChI=1S/C23H23N3O5S/c1-16-7-9-17(10-8-16)13-19-21(28)26(23(30)32-19)12-11-24-20(27)14-25-22(29)31-15-18-5-3-2-4-6-18/h2-10,13H,11-12,14-15H2,1H3,(H,24,27)(H,25,29)/b19-13-. The molecular weight excluding hydrogens is 430 g/mol. The van der Waals surface area contributed by atoms with E-state index in [-0.39, 0.29) is 31.5 Å². The van der Waals surface area contributed by atoms with Crippen molar-refractivity contribution in [2.75, 3.05) is 19.6 Å². The van der Waals surface area contributed by atoms with Gasteiger partial charge in [0.05, 0.1) is 11.4 Å². The highest BCUT2D eigenvalue weighted by Gasteiger charge is 2.34. The molecule has 1 heterocycles. The first-order valence-corrected chi connectivity index (χ1v) is 10.8. The summed E-state index contributed by atoms with van der Waals surface area (Å²) in [5.74, 6) is -0.846. The Bertz CT molecular complexity index is 1020. The maximum atomic E-state index is 12.5. The number of aryl methyl sites for hydroxylation is 1. The summed E-state index contributed by atoms with van der Waals surface area (Å²) in [6.07, 6.45) is 0.963. The molecule has 1 fully saturated rings. The number of rotatable bonds is 8. The molecule has 0 spiro atoms. The van der Waals surface area contributed by atoms with Crippen LogP contribution < -0.4 is 10.6 Å². The fourth-order valence-electron chi connectivity index (χ4n) is 2.80. The van der Waals surface area contributed by atoms with Crippen molar-refractivity contribution in [2.24, 2.45) is 0 Å². The SMILES string of the molecule is Cc1ccc(/C=C2\SC(=O)N(CCNC(=O)CNC(=O)OCc3ccccc3)C2=O)cc1. The lowest BCUT2D eigenvalue weighted by molar-refractivity contribution is -0.124. The van der Waals surface area contributed by atoms with Crippen LogP contribution >= 0.6 is 11.8 Å². The van der Waals surface area contributed by atoms with Gasteiger partial charge >= 0.3 is 6.09 Å². The highest BCUT2D eigenvalue weighted by atomic mass is 32.2. The van der Waals surface area contributed by atoms with Gasteiger partial charge in [-0.15, -0.1) is 0 Å². The Morgan fingerprint density at radius 2 is 1.75 bits per heavy atom. The molecule has 3 rings (SSSR count). The van der Waals surface area contributed by atoms with E-state index in [9.17, 15) is 19.2 Å². The number of amides is 4. The number of nitrogens with zero attached hydrogens (tertiary/aromatic N) is 1. The lowest BCUT2D eigenvalue weighted by Gasteiger charge is -2.13. The molecule has 9 heteroatoms. The molecule has 0 aliphatic carbocycles. The van der Waals surface area contributed by atoms with Crippen LogP contribution in [0.25, 0.3) is 6.08 Å². The number of alkyl carbamates (subject to hydrolysis) is 1. The van der Waals surface area contributed by atoms with Gasteiger partial charge in [0.2, 0.25) is 5.91 Å². The molecule has 1 saturated heterocycles. The van der Waals surface area contributed by atoms with E-state index in [1.54, 1.807) is 6.08 Å². The second-order valence-corrected chi connectivity index (χ2v) is 8.00.